The Bertz CT molecular complexity index is 519. The number of aromatic nitrogens is 4. The first-order valence-electron chi connectivity index (χ1n) is 5.23. The molecular formula is C11H12ClN5. The molecule has 0 N–H and O–H groups in total. The standard InChI is InChI=1S/C11H12ClN5/c1-8(2)13-6-9-5-10(12)3-4-11(9)17-7-14-15-16-17/h3-8H,1-2H3. The number of halogens is 1. The topological polar surface area (TPSA) is 56.0 Å². The van der Waals surface area contributed by atoms with E-state index in [1.54, 1.807) is 17.0 Å². The Morgan fingerprint density at radius 1 is 1.41 bits per heavy atom. The Labute approximate surface area is 104 Å². The molecule has 0 aliphatic carbocycles. The summed E-state index contributed by atoms with van der Waals surface area (Å²) in [4.78, 5) is 4.34. The Morgan fingerprint density at radius 3 is 2.88 bits per heavy atom. The Kier molecular flexibility index (Phi) is 3.49. The third-order valence-corrected chi connectivity index (χ3v) is 2.33. The molecule has 0 fully saturated rings. The van der Waals surface area contributed by atoms with Gasteiger partial charge in [0.15, 0.2) is 0 Å². The maximum absolute atomic E-state index is 5.97. The van der Waals surface area contributed by atoms with Gasteiger partial charge in [0, 0.05) is 22.8 Å². The molecule has 1 aromatic carbocycles. The molecule has 0 saturated carbocycles. The van der Waals surface area contributed by atoms with Crippen molar-refractivity contribution in [3.8, 4) is 5.69 Å². The molecule has 6 heteroatoms. The lowest BCUT2D eigenvalue weighted by Gasteiger charge is -2.05. The van der Waals surface area contributed by atoms with Gasteiger partial charge in [0.25, 0.3) is 0 Å². The van der Waals surface area contributed by atoms with Crippen LogP contribution in [0, 0.1) is 0 Å². The van der Waals surface area contributed by atoms with Crippen molar-refractivity contribution in [3.05, 3.63) is 35.1 Å². The summed E-state index contributed by atoms with van der Waals surface area (Å²) < 4.78 is 1.58. The van der Waals surface area contributed by atoms with Gasteiger partial charge < -0.3 is 0 Å². The second kappa shape index (κ2) is 5.05. The van der Waals surface area contributed by atoms with Crippen molar-refractivity contribution in [1.82, 2.24) is 20.2 Å². The minimum Gasteiger partial charge on any atom is -0.290 e. The van der Waals surface area contributed by atoms with E-state index in [2.05, 4.69) is 20.5 Å². The molecule has 0 spiro atoms. The van der Waals surface area contributed by atoms with E-state index in [0.29, 0.717) is 5.02 Å². The summed E-state index contributed by atoms with van der Waals surface area (Å²) in [5.74, 6) is 0. The van der Waals surface area contributed by atoms with Crippen LogP contribution in [0.1, 0.15) is 19.4 Å². The number of tetrazole rings is 1. The van der Waals surface area contributed by atoms with E-state index in [4.69, 9.17) is 11.6 Å². The molecule has 17 heavy (non-hydrogen) atoms. The monoisotopic (exact) mass is 249 g/mol. The molecule has 0 saturated heterocycles. The highest BCUT2D eigenvalue weighted by molar-refractivity contribution is 6.31. The molecule has 1 heterocycles. The highest BCUT2D eigenvalue weighted by atomic mass is 35.5. The van der Waals surface area contributed by atoms with Gasteiger partial charge in [-0.05, 0) is 42.5 Å². The molecule has 0 atom stereocenters. The molecule has 1 aromatic heterocycles. The number of nitrogens with zero attached hydrogens (tertiary/aromatic N) is 5. The molecule has 0 amide bonds. The second-order valence-electron chi connectivity index (χ2n) is 3.83. The van der Waals surface area contributed by atoms with Crippen LogP contribution in [0.15, 0.2) is 29.5 Å². The lowest BCUT2D eigenvalue weighted by molar-refractivity contribution is 0.787. The number of aliphatic imine (C=N–C) groups is 1. The Balaban J connectivity index is 2.45. The summed E-state index contributed by atoms with van der Waals surface area (Å²) >= 11 is 5.97. The molecule has 5 nitrogen and oxygen atoms in total. The second-order valence-corrected chi connectivity index (χ2v) is 4.27. The summed E-state index contributed by atoms with van der Waals surface area (Å²) in [5.41, 5.74) is 1.74. The largest absolute Gasteiger partial charge is 0.290 e. The summed E-state index contributed by atoms with van der Waals surface area (Å²) in [7, 11) is 0. The SMILES string of the molecule is CC(C)N=Cc1cc(Cl)ccc1-n1cnnn1. The van der Waals surface area contributed by atoms with Crippen LogP contribution in [0.4, 0.5) is 0 Å². The minimum atomic E-state index is 0.232. The van der Waals surface area contributed by atoms with Crippen molar-refractivity contribution in [3.63, 3.8) is 0 Å². The maximum atomic E-state index is 5.97. The van der Waals surface area contributed by atoms with Crippen LogP contribution < -0.4 is 0 Å². The first-order valence-corrected chi connectivity index (χ1v) is 5.60. The fraction of sp³-hybridized carbons (Fsp3) is 0.273. The van der Waals surface area contributed by atoms with Crippen LogP contribution in [-0.4, -0.2) is 32.5 Å². The Hall–Kier alpha value is -1.75. The molecule has 2 aromatic rings. The van der Waals surface area contributed by atoms with E-state index < -0.39 is 0 Å². The van der Waals surface area contributed by atoms with Gasteiger partial charge in [-0.2, -0.15) is 4.68 Å². The zero-order valence-electron chi connectivity index (χ0n) is 9.58. The number of benzene rings is 1. The van der Waals surface area contributed by atoms with E-state index in [-0.39, 0.29) is 6.04 Å². The van der Waals surface area contributed by atoms with Crippen LogP contribution in [0.3, 0.4) is 0 Å². The lowest BCUT2D eigenvalue weighted by Crippen LogP contribution is -2.01. The summed E-state index contributed by atoms with van der Waals surface area (Å²) in [6.07, 6.45) is 3.32. The minimum absolute atomic E-state index is 0.232. The highest BCUT2D eigenvalue weighted by Gasteiger charge is 2.05. The maximum Gasteiger partial charge on any atom is 0.143 e. The molecule has 0 radical (unpaired) electrons. The molecular weight excluding hydrogens is 238 g/mol. The molecule has 2 rings (SSSR count). The van der Waals surface area contributed by atoms with Gasteiger partial charge in [0.2, 0.25) is 0 Å². The van der Waals surface area contributed by atoms with Gasteiger partial charge >= 0.3 is 0 Å². The van der Waals surface area contributed by atoms with E-state index >= 15 is 0 Å². The van der Waals surface area contributed by atoms with Crippen molar-refractivity contribution in [1.29, 1.82) is 0 Å². The van der Waals surface area contributed by atoms with Crippen LogP contribution in [0.2, 0.25) is 5.02 Å². The van der Waals surface area contributed by atoms with Crippen molar-refractivity contribution in [2.45, 2.75) is 19.9 Å². The van der Waals surface area contributed by atoms with Gasteiger partial charge in [0.05, 0.1) is 5.69 Å². The molecule has 88 valence electrons. The van der Waals surface area contributed by atoms with Crippen LogP contribution in [0.25, 0.3) is 5.69 Å². The first-order chi connectivity index (χ1) is 8.16. The fourth-order valence-corrected chi connectivity index (χ4v) is 1.52. The van der Waals surface area contributed by atoms with Crippen LogP contribution >= 0.6 is 11.6 Å². The lowest BCUT2D eigenvalue weighted by atomic mass is 10.2. The van der Waals surface area contributed by atoms with Crippen LogP contribution in [0.5, 0.6) is 0 Å². The normalized spacial score (nSPS) is 11.5. The van der Waals surface area contributed by atoms with Gasteiger partial charge in [-0.15, -0.1) is 5.10 Å². The van der Waals surface area contributed by atoms with Crippen LogP contribution in [-0.2, 0) is 0 Å². The average molecular weight is 250 g/mol. The molecule has 0 unspecified atom stereocenters. The fourth-order valence-electron chi connectivity index (χ4n) is 1.34. The van der Waals surface area contributed by atoms with Gasteiger partial charge in [-0.1, -0.05) is 11.6 Å². The highest BCUT2D eigenvalue weighted by Crippen LogP contribution is 2.17. The van der Waals surface area contributed by atoms with Gasteiger partial charge in [-0.25, -0.2) is 0 Å². The third-order valence-electron chi connectivity index (χ3n) is 2.10. The summed E-state index contributed by atoms with van der Waals surface area (Å²) in [6, 6.07) is 5.73. The molecule has 0 aliphatic rings. The van der Waals surface area contributed by atoms with E-state index in [9.17, 15) is 0 Å². The molecule has 0 bridgehead atoms. The van der Waals surface area contributed by atoms with Crippen molar-refractivity contribution >= 4 is 17.8 Å². The smallest absolute Gasteiger partial charge is 0.143 e. The summed E-state index contributed by atoms with van der Waals surface area (Å²) in [6.45, 7) is 4.02. The van der Waals surface area contributed by atoms with Gasteiger partial charge in [0.1, 0.15) is 6.33 Å². The summed E-state index contributed by atoms with van der Waals surface area (Å²) in [5, 5.41) is 11.7. The van der Waals surface area contributed by atoms with E-state index in [1.165, 1.54) is 6.33 Å². The first kappa shape index (κ1) is 11.7. The van der Waals surface area contributed by atoms with Crippen molar-refractivity contribution < 1.29 is 0 Å². The van der Waals surface area contributed by atoms with Crippen molar-refractivity contribution in [2.24, 2.45) is 4.99 Å². The van der Waals surface area contributed by atoms with E-state index in [1.807, 2.05) is 26.0 Å². The predicted octanol–water partition coefficient (Wildman–Crippen LogP) is 2.14. The zero-order chi connectivity index (χ0) is 12.3. The van der Waals surface area contributed by atoms with Gasteiger partial charge in [-0.3, -0.25) is 4.99 Å². The quantitative estimate of drug-likeness (QED) is 0.783. The van der Waals surface area contributed by atoms with Crippen molar-refractivity contribution in [2.75, 3.05) is 0 Å². The van der Waals surface area contributed by atoms with E-state index in [0.717, 1.165) is 11.3 Å². The Morgan fingerprint density at radius 2 is 2.24 bits per heavy atom. The zero-order valence-corrected chi connectivity index (χ0v) is 10.3. The molecule has 0 aliphatic heterocycles. The predicted molar refractivity (Wildman–Crippen MR) is 66.9 cm³/mol. The average Bonchev–Trinajstić information content (AvgIpc) is 2.80. The third kappa shape index (κ3) is 2.88. The number of rotatable bonds is 3. The number of hydrogen-bond donors (Lipinski definition) is 0. The number of hydrogen-bond acceptors (Lipinski definition) is 4.